The Morgan fingerprint density at radius 1 is 1.26 bits per heavy atom. The summed E-state index contributed by atoms with van der Waals surface area (Å²) in [5, 5.41) is 1.14. The predicted molar refractivity (Wildman–Crippen MR) is 116 cm³/mol. The van der Waals surface area contributed by atoms with E-state index in [1.54, 1.807) is 0 Å². The van der Waals surface area contributed by atoms with Crippen LogP contribution < -0.4 is 0 Å². The van der Waals surface area contributed by atoms with Crippen molar-refractivity contribution in [3.05, 3.63) is 72.1 Å². The van der Waals surface area contributed by atoms with Crippen LogP contribution in [-0.4, -0.2) is 29.8 Å². The van der Waals surface area contributed by atoms with Gasteiger partial charge in [-0.1, -0.05) is 50.3 Å². The standard InChI is InChI=1S/C24H30N2O/c1-5-7-8-15-26(4)19(3)16-20(18-27)17-23-14-13-22-12-9-11-21(10-6-2)24(22)25-23/h5,9,11-14,17-18H,1,3,6-8,10,15-16H2,2,4H3/b20-17+. The fourth-order valence-electron chi connectivity index (χ4n) is 3.09. The molecule has 0 aliphatic carbocycles. The van der Waals surface area contributed by atoms with Crippen molar-refractivity contribution in [2.45, 2.75) is 39.0 Å². The van der Waals surface area contributed by atoms with Crippen LogP contribution in [0.1, 0.15) is 43.9 Å². The SMILES string of the molecule is C=CCCCN(C)C(=C)C/C(C=O)=C\c1ccc2cccc(CCC)c2n1. The number of aryl methyl sites for hydroxylation is 1. The molecule has 0 bridgehead atoms. The van der Waals surface area contributed by atoms with Gasteiger partial charge in [-0.2, -0.15) is 0 Å². The summed E-state index contributed by atoms with van der Waals surface area (Å²) in [6.07, 6.45) is 9.34. The summed E-state index contributed by atoms with van der Waals surface area (Å²) in [7, 11) is 2.01. The highest BCUT2D eigenvalue weighted by Gasteiger charge is 2.07. The lowest BCUT2D eigenvalue weighted by molar-refractivity contribution is -0.104. The molecule has 2 aromatic rings. The first-order valence-electron chi connectivity index (χ1n) is 9.63. The molecule has 27 heavy (non-hydrogen) atoms. The second kappa shape index (κ2) is 10.5. The molecule has 0 amide bonds. The van der Waals surface area contributed by atoms with Crippen LogP contribution in [0.5, 0.6) is 0 Å². The van der Waals surface area contributed by atoms with E-state index in [1.807, 2.05) is 25.3 Å². The number of nitrogens with zero attached hydrogens (tertiary/aromatic N) is 2. The van der Waals surface area contributed by atoms with E-state index in [0.29, 0.717) is 12.0 Å². The summed E-state index contributed by atoms with van der Waals surface area (Å²) < 4.78 is 0. The third-order valence-electron chi connectivity index (χ3n) is 4.68. The molecule has 0 saturated carbocycles. The van der Waals surface area contributed by atoms with E-state index in [2.05, 4.69) is 49.2 Å². The van der Waals surface area contributed by atoms with E-state index in [0.717, 1.165) is 60.8 Å². The van der Waals surface area contributed by atoms with Crippen LogP contribution in [0.2, 0.25) is 0 Å². The second-order valence-electron chi connectivity index (χ2n) is 6.91. The highest BCUT2D eigenvalue weighted by molar-refractivity contribution is 5.85. The minimum atomic E-state index is 0.532. The smallest absolute Gasteiger partial charge is 0.146 e. The zero-order valence-electron chi connectivity index (χ0n) is 16.6. The Morgan fingerprint density at radius 2 is 2.07 bits per heavy atom. The van der Waals surface area contributed by atoms with Crippen molar-refractivity contribution in [3.8, 4) is 0 Å². The number of hydrogen-bond acceptors (Lipinski definition) is 3. The largest absolute Gasteiger partial charge is 0.378 e. The van der Waals surface area contributed by atoms with Crippen molar-refractivity contribution in [1.82, 2.24) is 9.88 Å². The predicted octanol–water partition coefficient (Wildman–Crippen LogP) is 5.57. The molecule has 0 aliphatic rings. The molecule has 142 valence electrons. The third-order valence-corrected chi connectivity index (χ3v) is 4.68. The third kappa shape index (κ3) is 5.92. The number of benzene rings is 1. The average molecular weight is 363 g/mol. The van der Waals surface area contributed by atoms with Crippen LogP contribution in [0.4, 0.5) is 0 Å². The molecule has 0 aliphatic heterocycles. The van der Waals surface area contributed by atoms with Gasteiger partial charge in [-0.05, 0) is 42.5 Å². The number of aromatic nitrogens is 1. The molecular formula is C24H30N2O. The molecule has 2 rings (SSSR count). The molecule has 0 atom stereocenters. The van der Waals surface area contributed by atoms with Crippen molar-refractivity contribution in [1.29, 1.82) is 0 Å². The van der Waals surface area contributed by atoms with Crippen LogP contribution in [0.25, 0.3) is 17.0 Å². The average Bonchev–Trinajstić information content (AvgIpc) is 2.68. The van der Waals surface area contributed by atoms with Crippen molar-refractivity contribution in [3.63, 3.8) is 0 Å². The second-order valence-corrected chi connectivity index (χ2v) is 6.91. The van der Waals surface area contributed by atoms with Gasteiger partial charge < -0.3 is 4.90 Å². The van der Waals surface area contributed by atoms with Crippen molar-refractivity contribution in [2.24, 2.45) is 0 Å². The maximum Gasteiger partial charge on any atom is 0.146 e. The Balaban J connectivity index is 2.19. The minimum Gasteiger partial charge on any atom is -0.378 e. The molecular weight excluding hydrogens is 332 g/mol. The summed E-state index contributed by atoms with van der Waals surface area (Å²) in [6.45, 7) is 11.0. The first-order chi connectivity index (χ1) is 13.1. The molecule has 0 N–H and O–H groups in total. The molecule has 3 nitrogen and oxygen atoms in total. The Morgan fingerprint density at radius 3 is 2.78 bits per heavy atom. The first-order valence-corrected chi connectivity index (χ1v) is 9.63. The molecule has 0 fully saturated rings. The van der Waals surface area contributed by atoms with E-state index in [1.165, 1.54) is 5.56 Å². The summed E-state index contributed by atoms with van der Waals surface area (Å²) in [4.78, 5) is 18.5. The lowest BCUT2D eigenvalue weighted by atomic mass is 10.0. The van der Waals surface area contributed by atoms with Gasteiger partial charge >= 0.3 is 0 Å². The summed E-state index contributed by atoms with van der Waals surface area (Å²) in [5.41, 5.74) is 4.72. The van der Waals surface area contributed by atoms with Gasteiger partial charge in [-0.3, -0.25) is 4.79 Å². The molecule has 0 saturated heterocycles. The van der Waals surface area contributed by atoms with E-state index in [9.17, 15) is 4.79 Å². The number of carbonyl (C=O) groups excluding carboxylic acids is 1. The molecule has 0 radical (unpaired) electrons. The minimum absolute atomic E-state index is 0.532. The zero-order valence-corrected chi connectivity index (χ0v) is 16.6. The van der Waals surface area contributed by atoms with Crippen LogP contribution in [0.3, 0.4) is 0 Å². The summed E-state index contributed by atoms with van der Waals surface area (Å²) in [5.74, 6) is 0. The van der Waals surface area contributed by atoms with Crippen LogP contribution in [-0.2, 0) is 11.2 Å². The fraction of sp³-hybridized carbons (Fsp3) is 0.333. The van der Waals surface area contributed by atoms with Gasteiger partial charge in [-0.15, -0.1) is 6.58 Å². The Hall–Kier alpha value is -2.68. The Labute approximate surface area is 163 Å². The molecule has 1 aromatic carbocycles. The van der Waals surface area contributed by atoms with E-state index in [-0.39, 0.29) is 0 Å². The number of pyridine rings is 1. The Kier molecular flexibility index (Phi) is 8.00. The monoisotopic (exact) mass is 362 g/mol. The number of allylic oxidation sites excluding steroid dienone is 2. The van der Waals surface area contributed by atoms with Gasteiger partial charge in [0.2, 0.25) is 0 Å². The highest BCUT2D eigenvalue weighted by atomic mass is 16.1. The number of carbonyl (C=O) groups is 1. The maximum atomic E-state index is 11.6. The van der Waals surface area contributed by atoms with Crippen LogP contribution in [0, 0.1) is 0 Å². The number of fused-ring (bicyclic) bond motifs is 1. The maximum absolute atomic E-state index is 11.6. The quantitative estimate of drug-likeness (QED) is 0.227. The van der Waals surface area contributed by atoms with Crippen molar-refractivity contribution < 1.29 is 4.79 Å². The van der Waals surface area contributed by atoms with Crippen LogP contribution >= 0.6 is 0 Å². The molecule has 3 heteroatoms. The van der Waals surface area contributed by atoms with Gasteiger partial charge in [-0.25, -0.2) is 4.98 Å². The summed E-state index contributed by atoms with van der Waals surface area (Å²) in [6, 6.07) is 10.3. The van der Waals surface area contributed by atoms with Crippen molar-refractivity contribution >= 4 is 23.3 Å². The first kappa shape index (κ1) is 20.6. The normalized spacial score (nSPS) is 11.4. The fourth-order valence-corrected chi connectivity index (χ4v) is 3.09. The van der Waals surface area contributed by atoms with Gasteiger partial charge in [0.05, 0.1) is 11.2 Å². The summed E-state index contributed by atoms with van der Waals surface area (Å²) >= 11 is 0. The van der Waals surface area contributed by atoms with E-state index < -0.39 is 0 Å². The van der Waals surface area contributed by atoms with Gasteiger partial charge in [0.1, 0.15) is 6.29 Å². The Bertz CT molecular complexity index is 835. The zero-order chi connectivity index (χ0) is 19.6. The molecule has 1 aromatic heterocycles. The van der Waals surface area contributed by atoms with Gasteiger partial charge in [0.15, 0.2) is 0 Å². The molecule has 0 unspecified atom stereocenters. The van der Waals surface area contributed by atoms with E-state index in [4.69, 9.17) is 4.98 Å². The van der Waals surface area contributed by atoms with E-state index >= 15 is 0 Å². The lowest BCUT2D eigenvalue weighted by Crippen LogP contribution is -2.18. The van der Waals surface area contributed by atoms with Gasteiger partial charge in [0.25, 0.3) is 0 Å². The highest BCUT2D eigenvalue weighted by Crippen LogP contribution is 2.21. The number of aldehydes is 1. The molecule has 0 spiro atoms. The van der Waals surface area contributed by atoms with Gasteiger partial charge in [0, 0.05) is 31.1 Å². The number of rotatable bonds is 11. The van der Waals surface area contributed by atoms with Crippen LogP contribution in [0.15, 0.2) is 60.8 Å². The number of para-hydroxylation sites is 1. The topological polar surface area (TPSA) is 33.2 Å². The molecule has 1 heterocycles. The van der Waals surface area contributed by atoms with Crippen molar-refractivity contribution in [2.75, 3.05) is 13.6 Å². The number of hydrogen-bond donors (Lipinski definition) is 0. The number of unbranched alkanes of at least 4 members (excludes halogenated alkanes) is 1. The lowest BCUT2D eigenvalue weighted by Gasteiger charge is -2.21.